The number of rotatable bonds is 6. The summed E-state index contributed by atoms with van der Waals surface area (Å²) in [6.45, 7) is 8.65. The highest BCUT2D eigenvalue weighted by atomic mass is 79.9. The molecule has 1 heterocycles. The van der Waals surface area contributed by atoms with E-state index in [-0.39, 0.29) is 23.2 Å². The zero-order valence-electron chi connectivity index (χ0n) is 15.2. The van der Waals surface area contributed by atoms with Gasteiger partial charge in [-0.25, -0.2) is 4.79 Å². The zero-order chi connectivity index (χ0) is 18.6. The average molecular weight is 428 g/mol. The number of carbonyl (C=O) groups is 2. The molecular weight excluding hydrogens is 402 g/mol. The summed E-state index contributed by atoms with van der Waals surface area (Å²) >= 11 is 5.12. The maximum absolute atomic E-state index is 13.2. The van der Waals surface area contributed by atoms with Gasteiger partial charge >= 0.3 is 5.97 Å². The lowest BCUT2D eigenvalue weighted by Crippen LogP contribution is -2.47. The lowest BCUT2D eigenvalue weighted by atomic mass is 10.1. The molecule has 2 atom stereocenters. The first kappa shape index (κ1) is 20.3. The number of ether oxygens (including phenoxy) is 1. The second-order valence-electron chi connectivity index (χ2n) is 7.15. The third-order valence-corrected chi connectivity index (χ3v) is 5.94. The number of thioether (sulfide) groups is 1. The van der Waals surface area contributed by atoms with Gasteiger partial charge < -0.3 is 9.64 Å². The first-order valence-electron chi connectivity index (χ1n) is 8.66. The molecule has 0 saturated carbocycles. The Bertz CT molecular complexity index is 620. The van der Waals surface area contributed by atoms with Crippen molar-refractivity contribution in [2.24, 2.45) is 11.8 Å². The van der Waals surface area contributed by atoms with Crippen molar-refractivity contribution in [3.8, 4) is 0 Å². The van der Waals surface area contributed by atoms with E-state index in [1.54, 1.807) is 22.7 Å². The van der Waals surface area contributed by atoms with Crippen molar-refractivity contribution in [1.29, 1.82) is 0 Å². The molecule has 138 valence electrons. The smallest absolute Gasteiger partial charge is 0.329 e. The van der Waals surface area contributed by atoms with Crippen molar-refractivity contribution in [1.82, 2.24) is 4.90 Å². The van der Waals surface area contributed by atoms with Gasteiger partial charge in [-0.1, -0.05) is 39.8 Å². The summed E-state index contributed by atoms with van der Waals surface area (Å²) in [7, 11) is 0. The van der Waals surface area contributed by atoms with Crippen LogP contribution in [0.1, 0.15) is 44.5 Å². The van der Waals surface area contributed by atoms with Crippen LogP contribution in [-0.4, -0.2) is 40.6 Å². The van der Waals surface area contributed by atoms with Gasteiger partial charge in [-0.2, -0.15) is 0 Å². The van der Waals surface area contributed by atoms with Crippen molar-refractivity contribution in [3.05, 3.63) is 34.3 Å². The maximum atomic E-state index is 13.2. The van der Waals surface area contributed by atoms with Gasteiger partial charge in [0, 0.05) is 10.2 Å². The molecular formula is C19H26BrNO3S. The highest BCUT2D eigenvalue weighted by Gasteiger charge is 2.43. The molecule has 1 aromatic carbocycles. The van der Waals surface area contributed by atoms with Crippen LogP contribution in [0.5, 0.6) is 0 Å². The Kier molecular flexibility index (Phi) is 7.37. The van der Waals surface area contributed by atoms with Crippen molar-refractivity contribution >= 4 is 39.6 Å². The van der Waals surface area contributed by atoms with Crippen LogP contribution in [0, 0.1) is 11.8 Å². The fourth-order valence-corrected chi connectivity index (χ4v) is 4.80. The van der Waals surface area contributed by atoms with E-state index in [2.05, 4.69) is 29.8 Å². The van der Waals surface area contributed by atoms with Crippen LogP contribution in [0.15, 0.2) is 28.7 Å². The highest BCUT2D eigenvalue weighted by Crippen LogP contribution is 2.36. The molecule has 0 aliphatic carbocycles. The Hall–Kier alpha value is -1.01. The molecule has 1 aliphatic heterocycles. The molecule has 6 heteroatoms. The van der Waals surface area contributed by atoms with E-state index in [4.69, 9.17) is 4.74 Å². The van der Waals surface area contributed by atoms with Crippen molar-refractivity contribution in [2.75, 3.05) is 12.4 Å². The highest BCUT2D eigenvalue weighted by molar-refractivity contribution is 9.10. The minimum atomic E-state index is -0.521. The predicted molar refractivity (Wildman–Crippen MR) is 106 cm³/mol. The topological polar surface area (TPSA) is 46.6 Å². The molecule has 1 saturated heterocycles. The van der Waals surface area contributed by atoms with Gasteiger partial charge in [-0.15, -0.1) is 11.8 Å². The minimum Gasteiger partial charge on any atom is -0.464 e. The van der Waals surface area contributed by atoms with Gasteiger partial charge in [0.05, 0.1) is 17.5 Å². The summed E-state index contributed by atoms with van der Waals surface area (Å²) in [6.07, 6.45) is 0.856. The largest absolute Gasteiger partial charge is 0.464 e. The van der Waals surface area contributed by atoms with Crippen LogP contribution in [0.2, 0.25) is 0 Å². The van der Waals surface area contributed by atoms with Crippen molar-refractivity contribution < 1.29 is 14.3 Å². The fraction of sp³-hybridized carbons (Fsp3) is 0.579. The van der Waals surface area contributed by atoms with Crippen LogP contribution in [0.25, 0.3) is 0 Å². The number of benzene rings is 1. The average Bonchev–Trinajstić information content (AvgIpc) is 2.95. The van der Waals surface area contributed by atoms with Gasteiger partial charge in [0.2, 0.25) is 0 Å². The number of nitrogens with zero attached hydrogens (tertiary/aromatic N) is 1. The van der Waals surface area contributed by atoms with E-state index < -0.39 is 6.04 Å². The number of hydrogen-bond donors (Lipinski definition) is 0. The van der Waals surface area contributed by atoms with E-state index in [0.717, 1.165) is 10.9 Å². The van der Waals surface area contributed by atoms with E-state index in [1.165, 1.54) is 0 Å². The summed E-state index contributed by atoms with van der Waals surface area (Å²) in [6, 6.07) is 6.83. The molecule has 1 fully saturated rings. The fourth-order valence-electron chi connectivity index (χ4n) is 2.72. The third-order valence-electron chi connectivity index (χ3n) is 3.94. The number of hydrogen-bond acceptors (Lipinski definition) is 4. The molecule has 0 radical (unpaired) electrons. The van der Waals surface area contributed by atoms with E-state index in [1.807, 2.05) is 32.0 Å². The lowest BCUT2D eigenvalue weighted by molar-refractivity contribution is -0.149. The van der Waals surface area contributed by atoms with Gasteiger partial charge in [-0.3, -0.25) is 4.79 Å². The van der Waals surface area contributed by atoms with Gasteiger partial charge in [0.25, 0.3) is 5.91 Å². The van der Waals surface area contributed by atoms with Crippen molar-refractivity contribution in [2.45, 2.75) is 45.5 Å². The summed E-state index contributed by atoms with van der Waals surface area (Å²) < 4.78 is 6.17. The summed E-state index contributed by atoms with van der Waals surface area (Å²) in [5.74, 6) is 0.890. The third kappa shape index (κ3) is 5.23. The normalized spacial score (nSPS) is 20.4. The molecule has 2 rings (SSSR count). The maximum Gasteiger partial charge on any atom is 0.329 e. The summed E-state index contributed by atoms with van der Waals surface area (Å²) in [4.78, 5) is 27.5. The Morgan fingerprint density at radius 2 is 1.92 bits per heavy atom. The second-order valence-corrected chi connectivity index (χ2v) is 9.21. The van der Waals surface area contributed by atoms with Crippen molar-refractivity contribution in [3.63, 3.8) is 0 Å². The van der Waals surface area contributed by atoms with Crippen LogP contribution in [0.4, 0.5) is 0 Å². The van der Waals surface area contributed by atoms with E-state index in [9.17, 15) is 9.59 Å². The number of halogens is 1. The first-order valence-corrected chi connectivity index (χ1v) is 10.5. The molecule has 0 N–H and O–H groups in total. The van der Waals surface area contributed by atoms with E-state index in [0.29, 0.717) is 23.8 Å². The molecule has 1 aromatic rings. The quantitative estimate of drug-likeness (QED) is 0.623. The number of amides is 1. The second kappa shape index (κ2) is 9.08. The summed E-state index contributed by atoms with van der Waals surface area (Å²) in [5, 5.41) is -0.00351. The lowest BCUT2D eigenvalue weighted by Gasteiger charge is -2.29. The first-order chi connectivity index (χ1) is 11.8. The molecule has 1 aliphatic rings. The van der Waals surface area contributed by atoms with E-state index >= 15 is 0 Å². The Morgan fingerprint density at radius 3 is 2.52 bits per heavy atom. The number of esters is 1. The number of carbonyl (C=O) groups excluding carboxylic acids is 2. The Labute approximate surface area is 162 Å². The van der Waals surface area contributed by atoms with Crippen LogP contribution in [-0.2, 0) is 9.53 Å². The molecule has 2 unspecified atom stereocenters. The molecule has 0 aromatic heterocycles. The predicted octanol–water partition coefficient (Wildman–Crippen LogP) is 4.58. The van der Waals surface area contributed by atoms with Crippen LogP contribution >= 0.6 is 27.7 Å². The monoisotopic (exact) mass is 427 g/mol. The standard InChI is InChI=1S/C19H26BrNO3S/c1-12(2)9-17-21(18(22)14-7-5-6-8-15(14)20)16(11-25-17)19(23)24-10-13(3)4/h5-8,12-13,16-17H,9-11H2,1-4H3. The molecule has 25 heavy (non-hydrogen) atoms. The minimum absolute atomic E-state index is 0.00351. The Morgan fingerprint density at radius 1 is 1.24 bits per heavy atom. The zero-order valence-corrected chi connectivity index (χ0v) is 17.6. The summed E-state index contributed by atoms with van der Waals surface area (Å²) in [5.41, 5.74) is 0.584. The molecule has 1 amide bonds. The molecule has 0 bridgehead atoms. The Balaban J connectivity index is 2.25. The van der Waals surface area contributed by atoms with Crippen LogP contribution < -0.4 is 0 Å². The molecule has 0 spiro atoms. The van der Waals surface area contributed by atoms with Gasteiger partial charge in [0.15, 0.2) is 0 Å². The van der Waals surface area contributed by atoms with Gasteiger partial charge in [-0.05, 0) is 46.3 Å². The van der Waals surface area contributed by atoms with Crippen LogP contribution in [0.3, 0.4) is 0 Å². The van der Waals surface area contributed by atoms with Gasteiger partial charge in [0.1, 0.15) is 6.04 Å². The molecule has 4 nitrogen and oxygen atoms in total. The SMILES string of the molecule is CC(C)COC(=O)C1CSC(CC(C)C)N1C(=O)c1ccccc1Br.